The highest BCUT2D eigenvalue weighted by Crippen LogP contribution is 2.24. The number of amides is 2. The van der Waals surface area contributed by atoms with E-state index in [4.69, 9.17) is 11.6 Å². The number of hydrogen-bond acceptors (Lipinski definition) is 4. The second-order valence-corrected chi connectivity index (χ2v) is 9.73. The molecule has 4 rings (SSSR count). The normalized spacial score (nSPS) is 13.5. The summed E-state index contributed by atoms with van der Waals surface area (Å²) in [6.45, 7) is 1.55. The van der Waals surface area contributed by atoms with Crippen molar-refractivity contribution < 1.29 is 18.0 Å². The van der Waals surface area contributed by atoms with Crippen LogP contribution < -0.4 is 10.0 Å². The van der Waals surface area contributed by atoms with Crippen LogP contribution in [0.1, 0.15) is 33.6 Å². The summed E-state index contributed by atoms with van der Waals surface area (Å²) in [6, 6.07) is 18.8. The van der Waals surface area contributed by atoms with Crippen molar-refractivity contribution in [3.8, 4) is 0 Å². The number of nitrogens with one attached hydrogen (secondary N) is 2. The maximum atomic E-state index is 12.6. The van der Waals surface area contributed by atoms with E-state index < -0.39 is 15.9 Å². The molecule has 3 aromatic rings. The minimum Gasteiger partial charge on any atom is -0.339 e. The zero-order chi connectivity index (χ0) is 23.4. The molecule has 0 spiro atoms. The van der Waals surface area contributed by atoms with E-state index in [2.05, 4.69) is 10.0 Å². The standard InChI is InChI=1S/C24H22ClN3O4S/c25-21-5-1-2-6-22(21)27-33(31,32)20-13-9-17(10-14-20)23(29)26-19-11-7-18(8-12-19)24(30)28-15-3-4-16-28/h1-2,5-14,27H,3-4,15-16H2,(H,26,29). The molecular formula is C24H22ClN3O4S. The molecule has 33 heavy (non-hydrogen) atoms. The van der Waals surface area contributed by atoms with Gasteiger partial charge in [0.05, 0.1) is 15.6 Å². The molecular weight excluding hydrogens is 462 g/mol. The number of carbonyl (C=O) groups excluding carboxylic acids is 2. The van der Waals surface area contributed by atoms with Crippen molar-refractivity contribution in [3.63, 3.8) is 0 Å². The number of likely N-dealkylation sites (tertiary alicyclic amines) is 1. The smallest absolute Gasteiger partial charge is 0.261 e. The highest BCUT2D eigenvalue weighted by molar-refractivity contribution is 7.92. The van der Waals surface area contributed by atoms with Crippen molar-refractivity contribution in [2.24, 2.45) is 0 Å². The summed E-state index contributed by atoms with van der Waals surface area (Å²) in [5.41, 5.74) is 1.68. The van der Waals surface area contributed by atoms with Crippen molar-refractivity contribution in [2.75, 3.05) is 23.1 Å². The Morgan fingerprint density at radius 3 is 2.06 bits per heavy atom. The quantitative estimate of drug-likeness (QED) is 0.534. The van der Waals surface area contributed by atoms with Gasteiger partial charge in [-0.3, -0.25) is 14.3 Å². The third-order valence-electron chi connectivity index (χ3n) is 5.33. The number of hydrogen-bond donors (Lipinski definition) is 2. The molecule has 0 unspecified atom stereocenters. The Bertz CT molecular complexity index is 1270. The van der Waals surface area contributed by atoms with E-state index >= 15 is 0 Å². The molecule has 170 valence electrons. The lowest BCUT2D eigenvalue weighted by molar-refractivity contribution is 0.0792. The number of rotatable bonds is 6. The van der Waals surface area contributed by atoms with E-state index in [-0.39, 0.29) is 21.5 Å². The van der Waals surface area contributed by atoms with Gasteiger partial charge in [0.1, 0.15) is 0 Å². The van der Waals surface area contributed by atoms with Crippen LogP contribution in [-0.4, -0.2) is 38.2 Å². The third kappa shape index (κ3) is 5.35. The van der Waals surface area contributed by atoms with Crippen LogP contribution in [0.2, 0.25) is 5.02 Å². The largest absolute Gasteiger partial charge is 0.339 e. The van der Waals surface area contributed by atoms with Gasteiger partial charge in [-0.05, 0) is 73.5 Å². The predicted molar refractivity (Wildman–Crippen MR) is 128 cm³/mol. The Labute approximate surface area is 197 Å². The predicted octanol–water partition coefficient (Wildman–Crippen LogP) is 4.63. The highest BCUT2D eigenvalue weighted by Gasteiger charge is 2.20. The van der Waals surface area contributed by atoms with E-state index in [0.717, 1.165) is 25.9 Å². The summed E-state index contributed by atoms with van der Waals surface area (Å²) in [4.78, 5) is 26.8. The Hall–Kier alpha value is -3.36. The molecule has 1 aliphatic heterocycles. The summed E-state index contributed by atoms with van der Waals surface area (Å²) in [5.74, 6) is -0.399. The Balaban J connectivity index is 1.41. The van der Waals surface area contributed by atoms with Crippen LogP contribution in [-0.2, 0) is 10.0 Å². The lowest BCUT2D eigenvalue weighted by atomic mass is 10.1. The molecule has 1 aliphatic rings. The van der Waals surface area contributed by atoms with Gasteiger partial charge < -0.3 is 10.2 Å². The van der Waals surface area contributed by atoms with Crippen molar-refractivity contribution in [1.29, 1.82) is 0 Å². The van der Waals surface area contributed by atoms with Crippen molar-refractivity contribution in [2.45, 2.75) is 17.7 Å². The molecule has 1 saturated heterocycles. The van der Waals surface area contributed by atoms with Gasteiger partial charge in [0, 0.05) is 29.9 Å². The maximum Gasteiger partial charge on any atom is 0.261 e. The van der Waals surface area contributed by atoms with Gasteiger partial charge in [-0.25, -0.2) is 8.42 Å². The average molecular weight is 484 g/mol. The molecule has 1 heterocycles. The topological polar surface area (TPSA) is 95.6 Å². The monoisotopic (exact) mass is 483 g/mol. The van der Waals surface area contributed by atoms with Crippen LogP contribution in [0.15, 0.2) is 77.7 Å². The van der Waals surface area contributed by atoms with Gasteiger partial charge in [0.15, 0.2) is 0 Å². The van der Waals surface area contributed by atoms with Crippen molar-refractivity contribution >= 4 is 44.8 Å². The van der Waals surface area contributed by atoms with Gasteiger partial charge in [-0.15, -0.1) is 0 Å². The minimum atomic E-state index is -3.86. The summed E-state index contributed by atoms with van der Waals surface area (Å²) in [5, 5.41) is 3.04. The lowest BCUT2D eigenvalue weighted by Crippen LogP contribution is -2.27. The number of sulfonamides is 1. The molecule has 0 saturated carbocycles. The fraction of sp³-hybridized carbons (Fsp3) is 0.167. The summed E-state index contributed by atoms with van der Waals surface area (Å²) >= 11 is 6.02. The van der Waals surface area contributed by atoms with Crippen LogP contribution in [0.25, 0.3) is 0 Å². The summed E-state index contributed by atoms with van der Waals surface area (Å²) < 4.78 is 27.6. The fourth-order valence-electron chi connectivity index (χ4n) is 3.54. The van der Waals surface area contributed by atoms with Crippen LogP contribution >= 0.6 is 11.6 Å². The zero-order valence-electron chi connectivity index (χ0n) is 17.6. The first kappa shape index (κ1) is 22.8. The van der Waals surface area contributed by atoms with E-state index in [9.17, 15) is 18.0 Å². The van der Waals surface area contributed by atoms with Crippen LogP contribution in [0.4, 0.5) is 11.4 Å². The first-order valence-corrected chi connectivity index (χ1v) is 12.3. The van der Waals surface area contributed by atoms with E-state index in [1.165, 1.54) is 24.3 Å². The SMILES string of the molecule is O=C(Nc1ccc(C(=O)N2CCCC2)cc1)c1ccc(S(=O)(=O)Nc2ccccc2Cl)cc1. The van der Waals surface area contributed by atoms with Crippen LogP contribution in [0.5, 0.6) is 0 Å². The number of halogens is 1. The van der Waals surface area contributed by atoms with Gasteiger partial charge in [-0.1, -0.05) is 23.7 Å². The second kappa shape index (κ2) is 9.64. The Morgan fingerprint density at radius 2 is 1.42 bits per heavy atom. The van der Waals surface area contributed by atoms with Gasteiger partial charge in [-0.2, -0.15) is 0 Å². The maximum absolute atomic E-state index is 12.6. The molecule has 7 nitrogen and oxygen atoms in total. The first-order valence-electron chi connectivity index (χ1n) is 10.4. The van der Waals surface area contributed by atoms with Gasteiger partial charge in [0.25, 0.3) is 21.8 Å². The average Bonchev–Trinajstić information content (AvgIpc) is 3.36. The van der Waals surface area contributed by atoms with E-state index in [1.54, 1.807) is 48.5 Å². The molecule has 0 aliphatic carbocycles. The fourth-order valence-corrected chi connectivity index (χ4v) is 4.85. The minimum absolute atomic E-state index is 0.00347. The molecule has 0 atom stereocenters. The molecule has 9 heteroatoms. The molecule has 3 aromatic carbocycles. The zero-order valence-corrected chi connectivity index (χ0v) is 19.2. The van der Waals surface area contributed by atoms with E-state index in [0.29, 0.717) is 16.8 Å². The Morgan fingerprint density at radius 1 is 0.818 bits per heavy atom. The van der Waals surface area contributed by atoms with Crippen molar-refractivity contribution in [3.05, 3.63) is 88.9 Å². The number of carbonyl (C=O) groups is 2. The molecule has 2 N–H and O–H groups in total. The molecule has 0 radical (unpaired) electrons. The number of anilines is 2. The first-order chi connectivity index (χ1) is 15.8. The highest BCUT2D eigenvalue weighted by atomic mass is 35.5. The molecule has 2 amide bonds. The molecule has 0 aromatic heterocycles. The third-order valence-corrected chi connectivity index (χ3v) is 7.04. The number of benzene rings is 3. The lowest BCUT2D eigenvalue weighted by Gasteiger charge is -2.15. The van der Waals surface area contributed by atoms with Crippen LogP contribution in [0, 0.1) is 0 Å². The number of nitrogens with zero attached hydrogens (tertiary/aromatic N) is 1. The summed E-state index contributed by atoms with van der Waals surface area (Å²) in [7, 11) is -3.86. The molecule has 1 fully saturated rings. The van der Waals surface area contributed by atoms with Crippen LogP contribution in [0.3, 0.4) is 0 Å². The second-order valence-electron chi connectivity index (χ2n) is 7.64. The van der Waals surface area contributed by atoms with E-state index in [1.807, 2.05) is 4.90 Å². The Kier molecular flexibility index (Phi) is 6.67. The van der Waals surface area contributed by atoms with Gasteiger partial charge in [0.2, 0.25) is 0 Å². The number of para-hydroxylation sites is 1. The summed E-state index contributed by atoms with van der Waals surface area (Å²) in [6.07, 6.45) is 2.05. The van der Waals surface area contributed by atoms with Gasteiger partial charge >= 0.3 is 0 Å². The van der Waals surface area contributed by atoms with Crippen molar-refractivity contribution in [1.82, 2.24) is 4.90 Å². The molecule has 0 bridgehead atoms.